The summed E-state index contributed by atoms with van der Waals surface area (Å²) >= 11 is 18.0. The number of anilines is 1. The molecular formula is C12H15Cl3N2. The first kappa shape index (κ1) is 13.3. The molecular weight excluding hydrogens is 279 g/mol. The maximum absolute atomic E-state index is 6.12. The highest BCUT2D eigenvalue weighted by Crippen LogP contribution is 2.33. The van der Waals surface area contributed by atoms with E-state index in [2.05, 4.69) is 5.32 Å². The molecule has 0 bridgehead atoms. The van der Waals surface area contributed by atoms with Gasteiger partial charge >= 0.3 is 0 Å². The molecule has 1 fully saturated rings. The quantitative estimate of drug-likeness (QED) is 0.797. The third-order valence-corrected chi connectivity index (χ3v) is 4.18. The number of hydrogen-bond acceptors (Lipinski definition) is 2. The van der Waals surface area contributed by atoms with Crippen LogP contribution in [-0.2, 0) is 0 Å². The maximum atomic E-state index is 6.12. The maximum Gasteiger partial charge on any atom is 0.0653 e. The summed E-state index contributed by atoms with van der Waals surface area (Å²) in [6, 6.07) is 4.21. The average molecular weight is 294 g/mol. The Morgan fingerprint density at radius 3 is 2.18 bits per heavy atom. The molecule has 0 radical (unpaired) electrons. The minimum Gasteiger partial charge on any atom is -0.381 e. The summed E-state index contributed by atoms with van der Waals surface area (Å²) in [5.41, 5.74) is 6.72. The molecule has 0 aromatic heterocycles. The van der Waals surface area contributed by atoms with Crippen molar-refractivity contribution in [2.45, 2.75) is 37.8 Å². The van der Waals surface area contributed by atoms with Crippen LogP contribution < -0.4 is 11.1 Å². The molecule has 0 heterocycles. The second-order valence-corrected chi connectivity index (χ2v) is 5.72. The van der Waals surface area contributed by atoms with Gasteiger partial charge in [-0.3, -0.25) is 0 Å². The van der Waals surface area contributed by atoms with Gasteiger partial charge in [0.05, 0.1) is 20.8 Å². The molecule has 1 aliphatic carbocycles. The summed E-state index contributed by atoms with van der Waals surface area (Å²) in [5, 5.41) is 5.01. The monoisotopic (exact) mass is 292 g/mol. The normalized spacial score (nSPS) is 24.7. The van der Waals surface area contributed by atoms with Gasteiger partial charge < -0.3 is 11.1 Å². The Morgan fingerprint density at radius 1 is 0.941 bits per heavy atom. The van der Waals surface area contributed by atoms with Gasteiger partial charge in [-0.1, -0.05) is 34.8 Å². The number of halogens is 3. The van der Waals surface area contributed by atoms with Gasteiger partial charge in [0.15, 0.2) is 0 Å². The van der Waals surface area contributed by atoms with E-state index in [-0.39, 0.29) is 0 Å². The lowest BCUT2D eigenvalue weighted by Gasteiger charge is -2.28. The zero-order valence-corrected chi connectivity index (χ0v) is 11.6. The lowest BCUT2D eigenvalue weighted by atomic mass is 9.92. The minimum absolute atomic E-state index is 0.345. The topological polar surface area (TPSA) is 38.0 Å². The second kappa shape index (κ2) is 5.66. The van der Waals surface area contributed by atoms with Crippen molar-refractivity contribution in [3.8, 4) is 0 Å². The molecule has 5 heteroatoms. The van der Waals surface area contributed by atoms with Crippen molar-refractivity contribution in [2.24, 2.45) is 5.73 Å². The van der Waals surface area contributed by atoms with Crippen molar-refractivity contribution in [3.63, 3.8) is 0 Å². The summed E-state index contributed by atoms with van der Waals surface area (Å²) in [6.45, 7) is 0. The fourth-order valence-electron chi connectivity index (χ4n) is 2.12. The first-order chi connectivity index (χ1) is 8.06. The van der Waals surface area contributed by atoms with E-state index in [4.69, 9.17) is 40.5 Å². The third-order valence-electron chi connectivity index (χ3n) is 3.14. The number of nitrogens with two attached hydrogens (primary N) is 1. The highest BCUT2D eigenvalue weighted by molar-refractivity contribution is 6.44. The van der Waals surface area contributed by atoms with E-state index < -0.39 is 0 Å². The highest BCUT2D eigenvalue weighted by atomic mass is 35.5. The molecule has 0 atom stereocenters. The van der Waals surface area contributed by atoms with Crippen molar-refractivity contribution >= 4 is 40.5 Å². The van der Waals surface area contributed by atoms with Crippen LogP contribution in [-0.4, -0.2) is 12.1 Å². The Balaban J connectivity index is 2.06. The van der Waals surface area contributed by atoms with Gasteiger partial charge in [-0.2, -0.15) is 0 Å². The molecule has 3 N–H and O–H groups in total. The number of benzene rings is 1. The average Bonchev–Trinajstić information content (AvgIpc) is 2.29. The van der Waals surface area contributed by atoms with Crippen molar-refractivity contribution < 1.29 is 0 Å². The zero-order valence-electron chi connectivity index (χ0n) is 9.35. The molecule has 1 aromatic carbocycles. The second-order valence-electron chi connectivity index (χ2n) is 4.50. The molecule has 94 valence electrons. The highest BCUT2D eigenvalue weighted by Gasteiger charge is 2.19. The van der Waals surface area contributed by atoms with Crippen molar-refractivity contribution in [2.75, 3.05) is 5.32 Å². The van der Waals surface area contributed by atoms with Crippen LogP contribution in [0.2, 0.25) is 15.1 Å². The van der Waals surface area contributed by atoms with Crippen LogP contribution in [0.15, 0.2) is 12.1 Å². The molecule has 1 saturated carbocycles. The largest absolute Gasteiger partial charge is 0.381 e. The fourth-order valence-corrected chi connectivity index (χ4v) is 2.72. The molecule has 0 amide bonds. The van der Waals surface area contributed by atoms with Crippen LogP contribution >= 0.6 is 34.8 Å². The summed E-state index contributed by atoms with van der Waals surface area (Å²) in [4.78, 5) is 0. The lowest BCUT2D eigenvalue weighted by Crippen LogP contribution is -2.32. The minimum atomic E-state index is 0.345. The Morgan fingerprint density at radius 2 is 1.53 bits per heavy atom. The van der Waals surface area contributed by atoms with Crippen LogP contribution in [0.3, 0.4) is 0 Å². The number of nitrogens with one attached hydrogen (secondary N) is 1. The van der Waals surface area contributed by atoms with Crippen molar-refractivity contribution in [1.82, 2.24) is 0 Å². The van der Waals surface area contributed by atoms with Gasteiger partial charge in [0.2, 0.25) is 0 Å². The van der Waals surface area contributed by atoms with E-state index in [0.717, 1.165) is 31.4 Å². The molecule has 0 aliphatic heterocycles. The Hall–Kier alpha value is -0.150. The van der Waals surface area contributed by atoms with Crippen LogP contribution in [0.4, 0.5) is 5.69 Å². The van der Waals surface area contributed by atoms with Crippen LogP contribution in [0.1, 0.15) is 25.7 Å². The predicted molar refractivity (Wildman–Crippen MR) is 75.3 cm³/mol. The first-order valence-corrected chi connectivity index (χ1v) is 6.86. The number of rotatable bonds is 2. The van der Waals surface area contributed by atoms with E-state index in [1.54, 1.807) is 12.1 Å². The summed E-state index contributed by atoms with van der Waals surface area (Å²) in [5.74, 6) is 0. The molecule has 2 rings (SSSR count). The molecule has 17 heavy (non-hydrogen) atoms. The van der Waals surface area contributed by atoms with E-state index in [9.17, 15) is 0 Å². The smallest absolute Gasteiger partial charge is 0.0653 e. The summed E-state index contributed by atoms with van der Waals surface area (Å²) in [7, 11) is 0. The Bertz CT molecular complexity index is 401. The van der Waals surface area contributed by atoms with Crippen molar-refractivity contribution in [1.29, 1.82) is 0 Å². The van der Waals surface area contributed by atoms with Crippen LogP contribution in [0.5, 0.6) is 0 Å². The Labute approximate surface area is 116 Å². The fraction of sp³-hybridized carbons (Fsp3) is 0.500. The van der Waals surface area contributed by atoms with E-state index in [1.165, 1.54) is 0 Å². The van der Waals surface area contributed by atoms with E-state index >= 15 is 0 Å². The van der Waals surface area contributed by atoms with Gasteiger partial charge in [-0.15, -0.1) is 0 Å². The van der Waals surface area contributed by atoms with Gasteiger partial charge in [-0.05, 0) is 37.8 Å². The predicted octanol–water partition coefficient (Wildman–Crippen LogP) is 4.33. The van der Waals surface area contributed by atoms with Gasteiger partial charge in [0, 0.05) is 12.1 Å². The van der Waals surface area contributed by atoms with Gasteiger partial charge in [0.25, 0.3) is 0 Å². The summed E-state index contributed by atoms with van der Waals surface area (Å²) in [6.07, 6.45) is 4.24. The molecule has 1 aromatic rings. The molecule has 0 unspecified atom stereocenters. The molecule has 0 saturated heterocycles. The zero-order chi connectivity index (χ0) is 12.4. The summed E-state index contributed by atoms with van der Waals surface area (Å²) < 4.78 is 0. The van der Waals surface area contributed by atoms with Gasteiger partial charge in [-0.25, -0.2) is 0 Å². The molecule has 2 nitrogen and oxygen atoms in total. The van der Waals surface area contributed by atoms with Crippen LogP contribution in [0.25, 0.3) is 0 Å². The van der Waals surface area contributed by atoms with E-state index in [1.807, 2.05) is 0 Å². The van der Waals surface area contributed by atoms with Crippen molar-refractivity contribution in [3.05, 3.63) is 27.2 Å². The number of hydrogen-bond donors (Lipinski definition) is 2. The molecule has 1 aliphatic rings. The first-order valence-electron chi connectivity index (χ1n) is 5.73. The lowest BCUT2D eigenvalue weighted by molar-refractivity contribution is 0.411. The third kappa shape index (κ3) is 3.41. The standard InChI is InChI=1S/C12H15Cl3N2/c13-9-5-11(15)12(6-10(9)14)17-8-3-1-7(16)2-4-8/h5-8,17H,1-4,16H2. The Kier molecular flexibility index (Phi) is 4.42. The SMILES string of the molecule is NC1CCC(Nc2cc(Cl)c(Cl)cc2Cl)CC1. The van der Waals surface area contributed by atoms with Gasteiger partial charge in [0.1, 0.15) is 0 Å². The van der Waals surface area contributed by atoms with E-state index in [0.29, 0.717) is 27.2 Å². The molecule has 0 spiro atoms. The van der Waals surface area contributed by atoms with Crippen LogP contribution in [0, 0.1) is 0 Å².